The molecule has 2 aromatic carbocycles. The molecule has 0 heterocycles. The number of rotatable bonds is 21. The van der Waals surface area contributed by atoms with Crippen LogP contribution in [0.25, 0.3) is 0 Å². The van der Waals surface area contributed by atoms with Crippen LogP contribution in [0.1, 0.15) is 151 Å². The zero-order chi connectivity index (χ0) is 31.6. The minimum absolute atomic E-state index is 0.175. The third-order valence-corrected chi connectivity index (χ3v) is 9.39. The molecule has 1 aliphatic carbocycles. The molecule has 244 valence electrons. The lowest BCUT2D eigenvalue weighted by Crippen LogP contribution is -2.20. The van der Waals surface area contributed by atoms with E-state index in [1.165, 1.54) is 108 Å². The van der Waals surface area contributed by atoms with E-state index in [1.54, 1.807) is 12.1 Å². The number of halogens is 2. The first-order valence-electron chi connectivity index (χ1n) is 17.5. The normalized spacial score (nSPS) is 17.3. The van der Waals surface area contributed by atoms with Gasteiger partial charge in [-0.15, -0.1) is 6.58 Å². The van der Waals surface area contributed by atoms with Gasteiger partial charge in [-0.2, -0.15) is 4.39 Å². The summed E-state index contributed by atoms with van der Waals surface area (Å²) in [7, 11) is 0. The van der Waals surface area contributed by atoms with Crippen molar-refractivity contribution < 1.29 is 23.0 Å². The van der Waals surface area contributed by atoms with Gasteiger partial charge in [0.15, 0.2) is 11.6 Å². The molecule has 0 saturated heterocycles. The van der Waals surface area contributed by atoms with E-state index in [0.29, 0.717) is 24.2 Å². The molecule has 0 bridgehead atoms. The molecular weight excluding hydrogens is 554 g/mol. The van der Waals surface area contributed by atoms with E-state index < -0.39 is 23.2 Å². The highest BCUT2D eigenvalue weighted by Gasteiger charge is 2.28. The van der Waals surface area contributed by atoms with Crippen LogP contribution in [0, 0.1) is 23.5 Å². The molecule has 1 fully saturated rings. The molecule has 1 atom stereocenters. The Balaban J connectivity index is 1.47. The van der Waals surface area contributed by atoms with Crippen molar-refractivity contribution in [3.8, 4) is 11.5 Å². The van der Waals surface area contributed by atoms with E-state index in [9.17, 15) is 13.6 Å². The zero-order valence-corrected chi connectivity index (χ0v) is 27.4. The lowest BCUT2D eigenvalue weighted by molar-refractivity contribution is 0.0728. The average Bonchev–Trinajstić information content (AvgIpc) is 3.03. The van der Waals surface area contributed by atoms with Crippen molar-refractivity contribution in [2.24, 2.45) is 11.8 Å². The lowest BCUT2D eigenvalue weighted by Gasteiger charge is -2.34. The topological polar surface area (TPSA) is 35.5 Å². The van der Waals surface area contributed by atoms with Gasteiger partial charge in [-0.3, -0.25) is 0 Å². The Hall–Kier alpha value is -2.69. The molecule has 1 saturated carbocycles. The highest BCUT2D eigenvalue weighted by molar-refractivity contribution is 5.91. The van der Waals surface area contributed by atoms with Crippen LogP contribution in [0.15, 0.2) is 49.1 Å². The third-order valence-electron chi connectivity index (χ3n) is 9.39. The Morgan fingerprint density at radius 2 is 1.43 bits per heavy atom. The summed E-state index contributed by atoms with van der Waals surface area (Å²) in [6.45, 7) is 8.78. The number of benzene rings is 2. The number of unbranched alkanes of at least 4 members (excludes halogenated alkanes) is 10. The largest absolute Gasteiger partial charge is 0.490 e. The molecule has 1 unspecified atom stereocenters. The maximum Gasteiger partial charge on any atom is 0.346 e. The minimum Gasteiger partial charge on any atom is -0.490 e. The molecule has 0 spiro atoms. The van der Waals surface area contributed by atoms with Gasteiger partial charge >= 0.3 is 5.97 Å². The second-order valence-corrected chi connectivity index (χ2v) is 12.8. The summed E-state index contributed by atoms with van der Waals surface area (Å²) in [6.07, 6.45) is 23.7. The third kappa shape index (κ3) is 11.7. The van der Waals surface area contributed by atoms with Gasteiger partial charge in [-0.25, -0.2) is 9.18 Å². The second-order valence-electron chi connectivity index (χ2n) is 12.8. The van der Waals surface area contributed by atoms with Crippen molar-refractivity contribution in [2.45, 2.75) is 135 Å². The molecule has 2 aromatic rings. The SMILES string of the molecule is C=CCC(c1ccc(OC(=O)c2ccc(OCCCCCCCCCCC)c(F)c2F)cc1)[C@H]1CC[C@H](CCCCC)CC1. The number of ether oxygens (including phenoxy) is 2. The van der Waals surface area contributed by atoms with Crippen LogP contribution in [-0.2, 0) is 0 Å². The van der Waals surface area contributed by atoms with Crippen LogP contribution in [0.5, 0.6) is 11.5 Å². The van der Waals surface area contributed by atoms with E-state index in [1.807, 2.05) is 18.2 Å². The number of esters is 1. The van der Waals surface area contributed by atoms with Crippen LogP contribution in [0.3, 0.4) is 0 Å². The smallest absolute Gasteiger partial charge is 0.346 e. The van der Waals surface area contributed by atoms with E-state index in [0.717, 1.165) is 31.6 Å². The van der Waals surface area contributed by atoms with Crippen molar-refractivity contribution in [3.05, 3.63) is 71.8 Å². The summed E-state index contributed by atoms with van der Waals surface area (Å²) < 4.78 is 40.5. The van der Waals surface area contributed by atoms with Gasteiger partial charge in [0.1, 0.15) is 5.75 Å². The molecule has 0 aliphatic heterocycles. The predicted octanol–water partition coefficient (Wildman–Crippen LogP) is 12.1. The fourth-order valence-corrected chi connectivity index (χ4v) is 6.68. The number of hydrogen-bond acceptors (Lipinski definition) is 3. The van der Waals surface area contributed by atoms with Gasteiger partial charge < -0.3 is 9.47 Å². The Morgan fingerprint density at radius 1 is 0.818 bits per heavy atom. The van der Waals surface area contributed by atoms with Gasteiger partial charge in [0.2, 0.25) is 5.82 Å². The predicted molar refractivity (Wildman–Crippen MR) is 178 cm³/mol. The molecular formula is C39H56F2O3. The van der Waals surface area contributed by atoms with E-state index in [4.69, 9.17) is 9.47 Å². The van der Waals surface area contributed by atoms with E-state index in [-0.39, 0.29) is 5.75 Å². The van der Waals surface area contributed by atoms with Crippen LogP contribution < -0.4 is 9.47 Å². The summed E-state index contributed by atoms with van der Waals surface area (Å²) in [5, 5.41) is 0. The first kappa shape index (κ1) is 35.8. The highest BCUT2D eigenvalue weighted by Crippen LogP contribution is 2.42. The standard InChI is InChI=1S/C39H56F2O3/c1-4-7-9-10-11-12-13-14-16-29-43-36-28-27-35(37(40)38(36)41)39(42)44-33-25-23-32(24-26-33)34(17-6-3)31-21-19-30(20-22-31)18-15-8-5-2/h6,23-28,30-31,34H,3-5,7-22,29H2,1-2H3/t30-,31-,34?. The Morgan fingerprint density at radius 3 is 2.07 bits per heavy atom. The molecule has 1 aliphatic rings. The summed E-state index contributed by atoms with van der Waals surface area (Å²) in [5.41, 5.74) is 0.757. The summed E-state index contributed by atoms with van der Waals surface area (Å²) in [4.78, 5) is 12.8. The van der Waals surface area contributed by atoms with Crippen molar-refractivity contribution in [1.29, 1.82) is 0 Å². The summed E-state index contributed by atoms with van der Waals surface area (Å²) >= 11 is 0. The van der Waals surface area contributed by atoms with E-state index >= 15 is 0 Å². The summed E-state index contributed by atoms with van der Waals surface area (Å²) in [6, 6.07) is 10.0. The second kappa shape index (κ2) is 20.4. The molecule has 5 heteroatoms. The molecule has 3 rings (SSSR count). The zero-order valence-electron chi connectivity index (χ0n) is 27.4. The van der Waals surface area contributed by atoms with Crippen molar-refractivity contribution >= 4 is 5.97 Å². The van der Waals surface area contributed by atoms with E-state index in [2.05, 4.69) is 20.4 Å². The van der Waals surface area contributed by atoms with Crippen molar-refractivity contribution in [2.75, 3.05) is 6.61 Å². The number of hydrogen-bond donors (Lipinski definition) is 0. The van der Waals surface area contributed by atoms with Crippen LogP contribution >= 0.6 is 0 Å². The number of carbonyl (C=O) groups excluding carboxylic acids is 1. The fourth-order valence-electron chi connectivity index (χ4n) is 6.68. The Kier molecular flexibility index (Phi) is 16.6. The molecule has 3 nitrogen and oxygen atoms in total. The monoisotopic (exact) mass is 610 g/mol. The molecule has 0 aromatic heterocycles. The van der Waals surface area contributed by atoms with Gasteiger partial charge in [-0.05, 0) is 73.3 Å². The molecule has 0 amide bonds. The Labute approximate surface area is 265 Å². The van der Waals surface area contributed by atoms with Gasteiger partial charge in [0.25, 0.3) is 0 Å². The van der Waals surface area contributed by atoms with Crippen molar-refractivity contribution in [3.63, 3.8) is 0 Å². The fraction of sp³-hybridized carbons (Fsp3) is 0.615. The first-order chi connectivity index (χ1) is 21.5. The van der Waals surface area contributed by atoms with Gasteiger partial charge in [0, 0.05) is 0 Å². The van der Waals surface area contributed by atoms with Crippen molar-refractivity contribution in [1.82, 2.24) is 0 Å². The van der Waals surface area contributed by atoms with Crippen LogP contribution in [0.2, 0.25) is 0 Å². The lowest BCUT2D eigenvalue weighted by atomic mass is 9.71. The average molecular weight is 611 g/mol. The Bertz CT molecular complexity index is 1110. The molecule has 0 radical (unpaired) electrons. The number of allylic oxidation sites excluding steroid dienone is 1. The quantitative estimate of drug-likeness (QED) is 0.0610. The summed E-state index contributed by atoms with van der Waals surface area (Å²) in [5.74, 6) is -1.35. The van der Waals surface area contributed by atoms with Crippen LogP contribution in [0.4, 0.5) is 8.78 Å². The molecule has 44 heavy (non-hydrogen) atoms. The molecule has 0 N–H and O–H groups in total. The highest BCUT2D eigenvalue weighted by atomic mass is 19.2. The maximum atomic E-state index is 14.8. The van der Waals surface area contributed by atoms with Gasteiger partial charge in [0.05, 0.1) is 12.2 Å². The number of carbonyl (C=O) groups is 1. The maximum absolute atomic E-state index is 14.8. The minimum atomic E-state index is -1.24. The van der Waals surface area contributed by atoms with Crippen LogP contribution in [-0.4, -0.2) is 12.6 Å². The van der Waals surface area contributed by atoms with Gasteiger partial charge in [-0.1, -0.05) is 122 Å². The first-order valence-corrected chi connectivity index (χ1v) is 17.5.